The molecule has 1 aliphatic heterocycles. The van der Waals surface area contributed by atoms with Gasteiger partial charge in [-0.1, -0.05) is 12.1 Å². The van der Waals surface area contributed by atoms with Crippen LogP contribution in [0.1, 0.15) is 29.5 Å². The molecule has 1 fully saturated rings. The van der Waals surface area contributed by atoms with Crippen LogP contribution in [0.15, 0.2) is 28.8 Å². The Kier molecular flexibility index (Phi) is 5.45. The highest BCUT2D eigenvalue weighted by molar-refractivity contribution is 5.94. The largest absolute Gasteiger partial charge is 0.392 e. The van der Waals surface area contributed by atoms with Gasteiger partial charge in [-0.15, -0.1) is 0 Å². The normalized spacial score (nSPS) is 16.8. The summed E-state index contributed by atoms with van der Waals surface area (Å²) in [5.74, 6) is 1.07. The van der Waals surface area contributed by atoms with E-state index in [0.29, 0.717) is 36.9 Å². The minimum absolute atomic E-state index is 0.0314. The highest BCUT2D eigenvalue weighted by Gasteiger charge is 2.23. The summed E-state index contributed by atoms with van der Waals surface area (Å²) < 4.78 is 5.14. The van der Waals surface area contributed by atoms with Crippen molar-refractivity contribution in [1.82, 2.24) is 19.9 Å². The molecule has 0 bridgehead atoms. The molecule has 2 aromatic rings. The van der Waals surface area contributed by atoms with Crippen LogP contribution in [-0.4, -0.2) is 69.8 Å². The Hall–Kier alpha value is -2.25. The first-order valence-electron chi connectivity index (χ1n) is 8.67. The number of hydrogen-bond donors (Lipinski definition) is 1. The van der Waals surface area contributed by atoms with Crippen molar-refractivity contribution in [3.05, 3.63) is 35.7 Å². The molecular formula is C18H24N4O3. The van der Waals surface area contributed by atoms with Crippen molar-refractivity contribution in [2.24, 2.45) is 0 Å². The molecule has 0 spiro atoms. The van der Waals surface area contributed by atoms with Crippen molar-refractivity contribution < 1.29 is 14.4 Å². The second-order valence-corrected chi connectivity index (χ2v) is 6.38. The molecule has 1 N–H and O–H groups in total. The van der Waals surface area contributed by atoms with Crippen LogP contribution in [0.4, 0.5) is 0 Å². The molecule has 25 heavy (non-hydrogen) atoms. The standard InChI is InChI=1S/C18H24N4O3/c1-3-16(23)12-21-8-10-22(11-9-21)18(24)15-6-4-14(5-7-15)17-19-13(2)20-25-17/h4-7,16,23H,3,8-12H2,1-2H3/t16-/m1/s1. The van der Waals surface area contributed by atoms with Gasteiger partial charge in [0, 0.05) is 43.9 Å². The molecule has 3 rings (SSSR count). The number of aliphatic hydroxyl groups is 1. The van der Waals surface area contributed by atoms with Gasteiger partial charge in [0.1, 0.15) is 0 Å². The van der Waals surface area contributed by atoms with Crippen molar-refractivity contribution in [2.45, 2.75) is 26.4 Å². The van der Waals surface area contributed by atoms with E-state index >= 15 is 0 Å². The van der Waals surface area contributed by atoms with Crippen molar-refractivity contribution in [3.63, 3.8) is 0 Å². The summed E-state index contributed by atoms with van der Waals surface area (Å²) in [6, 6.07) is 7.25. The van der Waals surface area contributed by atoms with Crippen LogP contribution in [0.2, 0.25) is 0 Å². The summed E-state index contributed by atoms with van der Waals surface area (Å²) in [5.41, 5.74) is 1.46. The van der Waals surface area contributed by atoms with Gasteiger partial charge in [0.05, 0.1) is 6.10 Å². The number of benzene rings is 1. The second kappa shape index (κ2) is 7.76. The number of nitrogens with zero attached hydrogens (tertiary/aromatic N) is 4. The summed E-state index contributed by atoms with van der Waals surface area (Å²) in [4.78, 5) is 20.9. The molecule has 1 atom stereocenters. The number of aliphatic hydroxyl groups excluding tert-OH is 1. The SMILES string of the molecule is CC[C@@H](O)CN1CCN(C(=O)c2ccc(-c3nc(C)no3)cc2)CC1. The van der Waals surface area contributed by atoms with Gasteiger partial charge in [0.15, 0.2) is 5.82 Å². The minimum atomic E-state index is -0.289. The molecule has 2 heterocycles. The third-order valence-corrected chi connectivity index (χ3v) is 4.51. The van der Waals surface area contributed by atoms with Gasteiger partial charge < -0.3 is 14.5 Å². The first-order valence-corrected chi connectivity index (χ1v) is 8.67. The van der Waals surface area contributed by atoms with Crippen molar-refractivity contribution in [3.8, 4) is 11.5 Å². The molecule has 7 heteroatoms. The van der Waals surface area contributed by atoms with Gasteiger partial charge in [0.2, 0.25) is 0 Å². The lowest BCUT2D eigenvalue weighted by Gasteiger charge is -2.35. The van der Waals surface area contributed by atoms with E-state index in [4.69, 9.17) is 4.52 Å². The fourth-order valence-corrected chi connectivity index (χ4v) is 2.91. The molecule has 0 radical (unpaired) electrons. The Labute approximate surface area is 147 Å². The van der Waals surface area contributed by atoms with E-state index in [1.54, 1.807) is 19.1 Å². The molecule has 1 saturated heterocycles. The van der Waals surface area contributed by atoms with E-state index in [1.165, 1.54) is 0 Å². The molecule has 1 aliphatic rings. The fraction of sp³-hybridized carbons (Fsp3) is 0.500. The van der Waals surface area contributed by atoms with E-state index in [9.17, 15) is 9.90 Å². The molecular weight excluding hydrogens is 320 g/mol. The topological polar surface area (TPSA) is 82.7 Å². The van der Waals surface area contributed by atoms with Crippen molar-refractivity contribution in [1.29, 1.82) is 0 Å². The minimum Gasteiger partial charge on any atom is -0.392 e. The Morgan fingerprint density at radius 3 is 2.48 bits per heavy atom. The fourth-order valence-electron chi connectivity index (χ4n) is 2.91. The maximum absolute atomic E-state index is 12.6. The first-order chi connectivity index (χ1) is 12.1. The number of piperazine rings is 1. The van der Waals surface area contributed by atoms with E-state index in [1.807, 2.05) is 24.0 Å². The van der Waals surface area contributed by atoms with E-state index in [-0.39, 0.29) is 12.0 Å². The zero-order valence-electron chi connectivity index (χ0n) is 14.7. The van der Waals surface area contributed by atoms with Crippen molar-refractivity contribution >= 4 is 5.91 Å². The molecule has 0 aliphatic carbocycles. The number of hydrogen-bond acceptors (Lipinski definition) is 6. The smallest absolute Gasteiger partial charge is 0.257 e. The van der Waals surface area contributed by atoms with Crippen LogP contribution in [0.25, 0.3) is 11.5 Å². The Morgan fingerprint density at radius 2 is 1.92 bits per heavy atom. The van der Waals surface area contributed by atoms with Gasteiger partial charge in [0.25, 0.3) is 11.8 Å². The molecule has 0 unspecified atom stereocenters. The van der Waals surface area contributed by atoms with E-state index in [0.717, 1.165) is 25.1 Å². The lowest BCUT2D eigenvalue weighted by Crippen LogP contribution is -2.50. The predicted octanol–water partition coefficient (Wildman–Crippen LogP) is 1.57. The Bertz CT molecular complexity index is 705. The van der Waals surface area contributed by atoms with Crippen LogP contribution in [-0.2, 0) is 0 Å². The van der Waals surface area contributed by atoms with Crippen LogP contribution in [0, 0.1) is 6.92 Å². The third-order valence-electron chi connectivity index (χ3n) is 4.51. The number of aromatic nitrogens is 2. The average molecular weight is 344 g/mol. The summed E-state index contributed by atoms with van der Waals surface area (Å²) in [5, 5.41) is 13.5. The number of carbonyl (C=O) groups is 1. The van der Waals surface area contributed by atoms with E-state index in [2.05, 4.69) is 15.0 Å². The van der Waals surface area contributed by atoms with Gasteiger partial charge >= 0.3 is 0 Å². The maximum atomic E-state index is 12.6. The molecule has 7 nitrogen and oxygen atoms in total. The second-order valence-electron chi connectivity index (χ2n) is 6.38. The van der Waals surface area contributed by atoms with Gasteiger partial charge in [-0.05, 0) is 37.6 Å². The first kappa shape index (κ1) is 17.6. The maximum Gasteiger partial charge on any atom is 0.257 e. The van der Waals surface area contributed by atoms with Crippen molar-refractivity contribution in [2.75, 3.05) is 32.7 Å². The molecule has 0 saturated carbocycles. The summed E-state index contributed by atoms with van der Waals surface area (Å²) >= 11 is 0. The zero-order valence-corrected chi connectivity index (χ0v) is 14.7. The quantitative estimate of drug-likeness (QED) is 0.887. The summed E-state index contributed by atoms with van der Waals surface area (Å²) in [6.45, 7) is 7.37. The molecule has 1 aromatic carbocycles. The number of aryl methyl sites for hydroxylation is 1. The number of β-amino-alcohol motifs (C(OH)–C–C–N with tert-alkyl or cyclic N) is 1. The Balaban J connectivity index is 1.58. The highest BCUT2D eigenvalue weighted by atomic mass is 16.5. The highest BCUT2D eigenvalue weighted by Crippen LogP contribution is 2.18. The predicted molar refractivity (Wildman–Crippen MR) is 93.1 cm³/mol. The van der Waals surface area contributed by atoms with Gasteiger partial charge in [-0.3, -0.25) is 9.69 Å². The number of rotatable bonds is 5. The average Bonchev–Trinajstić information content (AvgIpc) is 3.08. The Morgan fingerprint density at radius 1 is 1.24 bits per heavy atom. The monoisotopic (exact) mass is 344 g/mol. The van der Waals surface area contributed by atoms with Crippen LogP contribution < -0.4 is 0 Å². The van der Waals surface area contributed by atoms with Crippen LogP contribution in [0.5, 0.6) is 0 Å². The molecule has 1 amide bonds. The number of amides is 1. The van der Waals surface area contributed by atoms with Gasteiger partial charge in [-0.25, -0.2) is 0 Å². The third kappa shape index (κ3) is 4.24. The van der Waals surface area contributed by atoms with E-state index < -0.39 is 0 Å². The molecule has 134 valence electrons. The summed E-state index contributed by atoms with van der Waals surface area (Å²) in [6.07, 6.45) is 0.466. The molecule has 1 aromatic heterocycles. The van der Waals surface area contributed by atoms with Crippen LogP contribution >= 0.6 is 0 Å². The zero-order chi connectivity index (χ0) is 17.8. The lowest BCUT2D eigenvalue weighted by molar-refractivity contribution is 0.0524. The summed E-state index contributed by atoms with van der Waals surface area (Å²) in [7, 11) is 0. The van der Waals surface area contributed by atoms with Crippen LogP contribution in [0.3, 0.4) is 0 Å². The van der Waals surface area contributed by atoms with Gasteiger partial charge in [-0.2, -0.15) is 4.98 Å². The number of carbonyl (C=O) groups excluding carboxylic acids is 1. The lowest BCUT2D eigenvalue weighted by atomic mass is 10.1.